The third-order valence-electron chi connectivity index (χ3n) is 4.37. The molecule has 108 valence electrons. The molecular weight excluding hydrogens is 268 g/mol. The minimum Gasteiger partial charge on any atom is -0.377 e. The quantitative estimate of drug-likeness (QED) is 0.734. The van der Waals surface area contributed by atoms with Crippen molar-refractivity contribution >= 4 is 5.69 Å². The summed E-state index contributed by atoms with van der Waals surface area (Å²) in [6, 6.07) is 25.8. The molecule has 1 aliphatic heterocycles. The summed E-state index contributed by atoms with van der Waals surface area (Å²) >= 11 is 0. The summed E-state index contributed by atoms with van der Waals surface area (Å²) in [7, 11) is 0. The Hall–Kier alpha value is -2.61. The van der Waals surface area contributed by atoms with Crippen molar-refractivity contribution in [2.24, 2.45) is 0 Å². The van der Waals surface area contributed by atoms with Gasteiger partial charge in [0.05, 0.1) is 17.4 Å². The number of anilines is 1. The van der Waals surface area contributed by atoms with Gasteiger partial charge < -0.3 is 5.32 Å². The van der Waals surface area contributed by atoms with E-state index in [-0.39, 0.29) is 0 Å². The van der Waals surface area contributed by atoms with Crippen molar-refractivity contribution in [1.82, 2.24) is 4.98 Å². The molecule has 2 atom stereocenters. The molecule has 0 aliphatic carbocycles. The van der Waals surface area contributed by atoms with Crippen molar-refractivity contribution in [3.8, 4) is 0 Å². The van der Waals surface area contributed by atoms with Gasteiger partial charge >= 0.3 is 0 Å². The zero-order valence-corrected chi connectivity index (χ0v) is 12.3. The van der Waals surface area contributed by atoms with Gasteiger partial charge in [-0.2, -0.15) is 0 Å². The zero-order valence-electron chi connectivity index (χ0n) is 12.3. The van der Waals surface area contributed by atoms with E-state index in [9.17, 15) is 0 Å². The third kappa shape index (κ3) is 2.37. The van der Waals surface area contributed by atoms with Gasteiger partial charge in [-0.25, -0.2) is 0 Å². The van der Waals surface area contributed by atoms with Crippen molar-refractivity contribution in [2.75, 3.05) is 5.32 Å². The maximum atomic E-state index is 4.64. The lowest BCUT2D eigenvalue weighted by Crippen LogP contribution is -2.23. The summed E-state index contributed by atoms with van der Waals surface area (Å²) in [4.78, 5) is 4.64. The van der Waals surface area contributed by atoms with Gasteiger partial charge in [0.25, 0.3) is 0 Å². The number of hydrogen-bond donors (Lipinski definition) is 1. The first-order valence-corrected chi connectivity index (χ1v) is 7.73. The Balaban J connectivity index is 1.77. The van der Waals surface area contributed by atoms with Crippen LogP contribution in [0.4, 0.5) is 5.69 Å². The minimum atomic E-state index is 0.322. The van der Waals surface area contributed by atoms with Gasteiger partial charge in [0.1, 0.15) is 0 Å². The molecule has 4 rings (SSSR count). The Bertz CT molecular complexity index is 753. The summed E-state index contributed by atoms with van der Waals surface area (Å²) in [5.74, 6) is 0.337. The van der Waals surface area contributed by atoms with Gasteiger partial charge in [0.2, 0.25) is 0 Å². The fourth-order valence-electron chi connectivity index (χ4n) is 3.30. The Morgan fingerprint density at radius 2 is 1.45 bits per heavy atom. The van der Waals surface area contributed by atoms with Crippen LogP contribution in [0.15, 0.2) is 79.0 Å². The van der Waals surface area contributed by atoms with E-state index in [4.69, 9.17) is 0 Å². The number of fused-ring (bicyclic) bond motifs is 1. The molecule has 2 nitrogen and oxygen atoms in total. The number of pyridine rings is 1. The fourth-order valence-corrected chi connectivity index (χ4v) is 3.30. The Morgan fingerprint density at radius 1 is 0.773 bits per heavy atom. The van der Waals surface area contributed by atoms with Crippen LogP contribution in [0.3, 0.4) is 0 Å². The van der Waals surface area contributed by atoms with Gasteiger partial charge in [0.15, 0.2) is 0 Å². The van der Waals surface area contributed by atoms with E-state index in [2.05, 4.69) is 77.0 Å². The summed E-state index contributed by atoms with van der Waals surface area (Å²) in [5.41, 5.74) is 4.97. The smallest absolute Gasteiger partial charge is 0.0710 e. The largest absolute Gasteiger partial charge is 0.377 e. The lowest BCUT2D eigenvalue weighted by molar-refractivity contribution is 0.590. The van der Waals surface area contributed by atoms with Crippen LogP contribution < -0.4 is 5.32 Å². The predicted octanol–water partition coefficient (Wildman–Crippen LogP) is 4.77. The van der Waals surface area contributed by atoms with Crippen molar-refractivity contribution in [2.45, 2.75) is 18.4 Å². The number of rotatable bonds is 2. The molecule has 0 spiro atoms. The van der Waals surface area contributed by atoms with Gasteiger partial charge in [0, 0.05) is 12.1 Å². The van der Waals surface area contributed by atoms with Crippen molar-refractivity contribution in [3.05, 3.63) is 95.8 Å². The average molecular weight is 286 g/mol. The maximum Gasteiger partial charge on any atom is 0.0710 e. The van der Waals surface area contributed by atoms with Crippen molar-refractivity contribution in [3.63, 3.8) is 0 Å². The van der Waals surface area contributed by atoms with Gasteiger partial charge in [-0.1, -0.05) is 60.7 Å². The Morgan fingerprint density at radius 3 is 2.18 bits per heavy atom. The molecule has 2 heteroatoms. The van der Waals surface area contributed by atoms with Crippen molar-refractivity contribution in [1.29, 1.82) is 0 Å². The molecule has 1 N–H and O–H groups in total. The molecule has 2 heterocycles. The van der Waals surface area contributed by atoms with Crippen LogP contribution in [0, 0.1) is 0 Å². The monoisotopic (exact) mass is 286 g/mol. The van der Waals surface area contributed by atoms with Gasteiger partial charge in [-0.3, -0.25) is 4.98 Å². The first kappa shape index (κ1) is 13.1. The molecule has 0 amide bonds. The average Bonchev–Trinajstić information content (AvgIpc) is 2.62. The standard InChI is InChI=1S/C20H18N2/c1-3-8-15(9-4-1)17-14-19(16-10-5-2-6-11-16)22-18-12-7-13-21-20(17)18/h1-13,17,19,22H,14H2/t17-,19+/m1/s1. The van der Waals surface area contributed by atoms with Gasteiger partial charge in [-0.05, 0) is 29.7 Å². The molecule has 1 aromatic heterocycles. The number of benzene rings is 2. The van der Waals surface area contributed by atoms with E-state index in [1.54, 1.807) is 0 Å². The van der Waals surface area contributed by atoms with E-state index in [0.717, 1.165) is 17.8 Å². The highest BCUT2D eigenvalue weighted by Gasteiger charge is 2.29. The molecule has 0 saturated heterocycles. The second kappa shape index (κ2) is 5.64. The lowest BCUT2D eigenvalue weighted by atomic mass is 9.83. The molecule has 0 fully saturated rings. The summed E-state index contributed by atoms with van der Waals surface area (Å²) in [6.07, 6.45) is 2.91. The Kier molecular flexibility index (Phi) is 3.36. The van der Waals surface area contributed by atoms with E-state index in [0.29, 0.717) is 12.0 Å². The van der Waals surface area contributed by atoms with Crippen molar-refractivity contribution < 1.29 is 0 Å². The molecule has 22 heavy (non-hydrogen) atoms. The van der Waals surface area contributed by atoms with Crippen LogP contribution in [0.1, 0.15) is 35.2 Å². The first-order valence-electron chi connectivity index (χ1n) is 7.73. The van der Waals surface area contributed by atoms with Crippen LogP contribution >= 0.6 is 0 Å². The Labute approximate surface area is 130 Å². The third-order valence-corrected chi connectivity index (χ3v) is 4.37. The van der Waals surface area contributed by atoms with Crippen LogP contribution in [-0.4, -0.2) is 4.98 Å². The molecule has 3 aromatic rings. The highest BCUT2D eigenvalue weighted by Crippen LogP contribution is 2.42. The first-order chi connectivity index (χ1) is 10.9. The summed E-state index contributed by atoms with van der Waals surface area (Å²) in [5, 5.41) is 3.65. The normalized spacial score (nSPS) is 20.0. The molecule has 2 aromatic carbocycles. The number of hydrogen-bond acceptors (Lipinski definition) is 2. The number of nitrogens with zero attached hydrogens (tertiary/aromatic N) is 1. The van der Waals surface area contributed by atoms with Crippen LogP contribution in [0.2, 0.25) is 0 Å². The molecular formula is C20H18N2. The number of nitrogens with one attached hydrogen (secondary N) is 1. The highest BCUT2D eigenvalue weighted by atomic mass is 15.0. The van der Waals surface area contributed by atoms with Gasteiger partial charge in [-0.15, -0.1) is 0 Å². The zero-order chi connectivity index (χ0) is 14.8. The highest BCUT2D eigenvalue weighted by molar-refractivity contribution is 5.56. The molecule has 0 saturated carbocycles. The maximum absolute atomic E-state index is 4.64. The van der Waals surface area contributed by atoms with Crippen LogP contribution in [0.5, 0.6) is 0 Å². The van der Waals surface area contributed by atoms with Crippen LogP contribution in [0.25, 0.3) is 0 Å². The topological polar surface area (TPSA) is 24.9 Å². The second-order valence-electron chi connectivity index (χ2n) is 5.74. The SMILES string of the molecule is c1ccc([C@H]2C[C@@H](c3ccccc3)Nc3cccnc32)cc1. The fraction of sp³-hybridized carbons (Fsp3) is 0.150. The predicted molar refractivity (Wildman–Crippen MR) is 89.9 cm³/mol. The summed E-state index contributed by atoms with van der Waals surface area (Å²) in [6.45, 7) is 0. The van der Waals surface area contributed by atoms with E-state index in [1.807, 2.05) is 12.3 Å². The molecule has 0 radical (unpaired) electrons. The molecule has 0 unspecified atom stereocenters. The van der Waals surface area contributed by atoms with Crippen LogP contribution in [-0.2, 0) is 0 Å². The van der Waals surface area contributed by atoms with E-state index >= 15 is 0 Å². The second-order valence-corrected chi connectivity index (χ2v) is 5.74. The molecule has 1 aliphatic rings. The molecule has 0 bridgehead atoms. The van der Waals surface area contributed by atoms with E-state index in [1.165, 1.54) is 11.1 Å². The summed E-state index contributed by atoms with van der Waals surface area (Å²) < 4.78 is 0. The van der Waals surface area contributed by atoms with E-state index < -0.39 is 0 Å². The minimum absolute atomic E-state index is 0.322. The lowest BCUT2D eigenvalue weighted by Gasteiger charge is -2.33. The number of aromatic nitrogens is 1.